The van der Waals surface area contributed by atoms with Crippen LogP contribution in [-0.2, 0) is 34.2 Å². The van der Waals surface area contributed by atoms with Crippen LogP contribution in [0.15, 0.2) is 71.6 Å². The molecule has 1 amide bonds. The van der Waals surface area contributed by atoms with Gasteiger partial charge in [-0.25, -0.2) is 8.42 Å². The summed E-state index contributed by atoms with van der Waals surface area (Å²) in [6.07, 6.45) is 2.00. The van der Waals surface area contributed by atoms with Gasteiger partial charge < -0.3 is 0 Å². The topological polar surface area (TPSA) is 92.3 Å². The molecule has 0 saturated carbocycles. The van der Waals surface area contributed by atoms with Gasteiger partial charge >= 0.3 is 0 Å². The van der Waals surface area contributed by atoms with Crippen molar-refractivity contribution in [3.05, 3.63) is 82.9 Å². The van der Waals surface area contributed by atoms with Gasteiger partial charge in [0.05, 0.1) is 4.90 Å². The van der Waals surface area contributed by atoms with Gasteiger partial charge in [0.15, 0.2) is 0 Å². The van der Waals surface area contributed by atoms with E-state index < -0.39 is 22.0 Å². The lowest BCUT2D eigenvalue weighted by atomic mass is 9.95. The summed E-state index contributed by atoms with van der Waals surface area (Å²) in [6, 6.07) is 19.4. The lowest BCUT2D eigenvalue weighted by Crippen LogP contribution is -2.50. The summed E-state index contributed by atoms with van der Waals surface area (Å²) in [5.41, 5.74) is 1.87. The van der Waals surface area contributed by atoms with E-state index in [9.17, 15) is 13.2 Å². The Bertz CT molecular complexity index is 1470. The maximum absolute atomic E-state index is 13.8. The molecule has 0 bridgehead atoms. The van der Waals surface area contributed by atoms with Gasteiger partial charge in [-0.15, -0.1) is 10.2 Å². The van der Waals surface area contributed by atoms with Crippen molar-refractivity contribution in [2.24, 2.45) is 0 Å². The molecule has 1 atom stereocenters. The van der Waals surface area contributed by atoms with E-state index in [0.29, 0.717) is 5.13 Å². The monoisotopic (exact) mass is 492 g/mol. The number of hydrogen-bond acceptors (Lipinski definition) is 6. The van der Waals surface area contributed by atoms with Crippen molar-refractivity contribution in [1.82, 2.24) is 14.5 Å². The molecule has 0 aliphatic carbocycles. The van der Waals surface area contributed by atoms with Gasteiger partial charge in [0, 0.05) is 13.0 Å². The van der Waals surface area contributed by atoms with Crippen LogP contribution in [0.25, 0.3) is 10.8 Å². The Kier molecular flexibility index (Phi) is 6.16. The number of aryl methyl sites for hydroxylation is 1. The standard InChI is InChI=1S/C25H24N4O3S2/c1-2-7-23-27-28-25(33-23)26-24(30)22-15-19-10-5-6-11-20(19)16-29(22)34(31,32)21-13-12-17-8-3-4-9-18(17)14-21/h3-6,8-14,22H,2,7,15-16H2,1H3,(H,26,28,30). The van der Waals surface area contributed by atoms with Gasteiger partial charge in [-0.3, -0.25) is 10.1 Å². The maximum Gasteiger partial charge on any atom is 0.245 e. The molecule has 0 radical (unpaired) electrons. The van der Waals surface area contributed by atoms with Crippen LogP contribution < -0.4 is 5.32 Å². The zero-order valence-electron chi connectivity index (χ0n) is 18.6. The van der Waals surface area contributed by atoms with Gasteiger partial charge in [0.2, 0.25) is 21.1 Å². The summed E-state index contributed by atoms with van der Waals surface area (Å²) in [7, 11) is -3.95. The minimum Gasteiger partial charge on any atom is -0.299 e. The second-order valence-electron chi connectivity index (χ2n) is 8.29. The summed E-state index contributed by atoms with van der Waals surface area (Å²) in [4.78, 5) is 13.5. The van der Waals surface area contributed by atoms with Crippen molar-refractivity contribution in [2.45, 2.75) is 43.7 Å². The molecular weight excluding hydrogens is 468 g/mol. The number of aromatic nitrogens is 2. The molecule has 1 unspecified atom stereocenters. The molecule has 4 aromatic rings. The quantitative estimate of drug-likeness (QED) is 0.431. The van der Waals surface area contributed by atoms with Crippen LogP contribution >= 0.6 is 11.3 Å². The Hall–Kier alpha value is -3.14. The number of nitrogens with one attached hydrogen (secondary N) is 1. The highest BCUT2D eigenvalue weighted by Gasteiger charge is 2.40. The number of rotatable bonds is 6. The number of fused-ring (bicyclic) bond motifs is 2. The van der Waals surface area contributed by atoms with E-state index in [0.717, 1.165) is 39.7 Å². The second-order valence-corrected chi connectivity index (χ2v) is 11.2. The fraction of sp³-hybridized carbons (Fsp3) is 0.240. The first-order valence-corrected chi connectivity index (χ1v) is 13.4. The number of amides is 1. The van der Waals surface area contributed by atoms with Crippen LogP contribution in [0.1, 0.15) is 29.5 Å². The minimum absolute atomic E-state index is 0.126. The Balaban J connectivity index is 1.50. The summed E-state index contributed by atoms with van der Waals surface area (Å²) in [6.45, 7) is 2.18. The number of carbonyl (C=O) groups excluding carboxylic acids is 1. The van der Waals surface area contributed by atoms with Crippen molar-refractivity contribution < 1.29 is 13.2 Å². The largest absolute Gasteiger partial charge is 0.299 e. The third-order valence-electron chi connectivity index (χ3n) is 6.00. The van der Waals surface area contributed by atoms with Crippen molar-refractivity contribution in [1.29, 1.82) is 0 Å². The molecule has 0 spiro atoms. The fourth-order valence-corrected chi connectivity index (χ4v) is 6.69. The molecule has 9 heteroatoms. The summed E-state index contributed by atoms with van der Waals surface area (Å²) in [5.74, 6) is -0.405. The first kappa shape index (κ1) is 22.6. The summed E-state index contributed by atoms with van der Waals surface area (Å²) in [5, 5.41) is 14.0. The lowest BCUT2D eigenvalue weighted by molar-refractivity contribution is -0.120. The van der Waals surface area contributed by atoms with Gasteiger partial charge in [0.1, 0.15) is 11.0 Å². The summed E-state index contributed by atoms with van der Waals surface area (Å²) >= 11 is 1.32. The molecule has 2 heterocycles. The van der Waals surface area contributed by atoms with Crippen molar-refractivity contribution in [3.63, 3.8) is 0 Å². The predicted octanol–water partition coefficient (Wildman–Crippen LogP) is 4.40. The smallest absolute Gasteiger partial charge is 0.245 e. The zero-order valence-corrected chi connectivity index (χ0v) is 20.3. The van der Waals surface area contributed by atoms with E-state index in [2.05, 4.69) is 22.4 Å². The zero-order chi connectivity index (χ0) is 23.7. The van der Waals surface area contributed by atoms with Gasteiger partial charge in [-0.05, 0) is 46.9 Å². The van der Waals surface area contributed by atoms with Crippen molar-refractivity contribution >= 4 is 43.2 Å². The Morgan fingerprint density at radius 3 is 2.56 bits per heavy atom. The Morgan fingerprint density at radius 1 is 1.03 bits per heavy atom. The van der Waals surface area contributed by atoms with Crippen LogP contribution in [0.5, 0.6) is 0 Å². The lowest BCUT2D eigenvalue weighted by Gasteiger charge is -2.34. The Labute approximate surface area is 202 Å². The first-order valence-electron chi connectivity index (χ1n) is 11.2. The first-order chi connectivity index (χ1) is 16.5. The summed E-state index contributed by atoms with van der Waals surface area (Å²) < 4.78 is 28.9. The average Bonchev–Trinajstić information content (AvgIpc) is 3.29. The van der Waals surface area contributed by atoms with E-state index in [4.69, 9.17) is 0 Å². The molecule has 1 aliphatic heterocycles. The number of nitrogens with zero attached hydrogens (tertiary/aromatic N) is 3. The van der Waals surface area contributed by atoms with E-state index in [1.165, 1.54) is 15.6 Å². The Morgan fingerprint density at radius 2 is 1.76 bits per heavy atom. The van der Waals surface area contributed by atoms with Crippen LogP contribution in [0, 0.1) is 0 Å². The van der Waals surface area contributed by atoms with Gasteiger partial charge in [0.25, 0.3) is 0 Å². The van der Waals surface area contributed by atoms with Crippen molar-refractivity contribution in [2.75, 3.05) is 5.32 Å². The molecule has 1 aromatic heterocycles. The molecule has 34 heavy (non-hydrogen) atoms. The number of anilines is 1. The number of benzene rings is 3. The third-order valence-corrected chi connectivity index (χ3v) is 8.75. The molecule has 0 saturated heterocycles. The fourth-order valence-electron chi connectivity index (χ4n) is 4.25. The normalized spacial score (nSPS) is 16.3. The van der Waals surface area contributed by atoms with Gasteiger partial charge in [-0.2, -0.15) is 4.31 Å². The molecule has 1 aliphatic rings. The van der Waals surface area contributed by atoms with Gasteiger partial charge in [-0.1, -0.05) is 72.9 Å². The molecular formula is C25H24N4O3S2. The van der Waals surface area contributed by atoms with E-state index in [1.54, 1.807) is 18.2 Å². The number of hydrogen-bond donors (Lipinski definition) is 1. The second kappa shape index (κ2) is 9.25. The van der Waals surface area contributed by atoms with E-state index in [1.807, 2.05) is 48.5 Å². The van der Waals surface area contributed by atoms with Crippen LogP contribution in [0.3, 0.4) is 0 Å². The predicted molar refractivity (Wildman–Crippen MR) is 133 cm³/mol. The number of carbonyl (C=O) groups is 1. The molecule has 7 nitrogen and oxygen atoms in total. The average molecular weight is 493 g/mol. The SMILES string of the molecule is CCCc1nnc(NC(=O)C2Cc3ccccc3CN2S(=O)(=O)c2ccc3ccccc3c2)s1. The maximum atomic E-state index is 13.8. The highest BCUT2D eigenvalue weighted by molar-refractivity contribution is 7.89. The third kappa shape index (κ3) is 4.34. The molecule has 1 N–H and O–H groups in total. The molecule has 0 fully saturated rings. The van der Waals surface area contributed by atoms with E-state index in [-0.39, 0.29) is 17.9 Å². The minimum atomic E-state index is -3.95. The van der Waals surface area contributed by atoms with Crippen LogP contribution in [-0.4, -0.2) is 34.9 Å². The molecule has 3 aromatic carbocycles. The van der Waals surface area contributed by atoms with Crippen LogP contribution in [0.2, 0.25) is 0 Å². The number of sulfonamides is 1. The van der Waals surface area contributed by atoms with Crippen LogP contribution in [0.4, 0.5) is 5.13 Å². The highest BCUT2D eigenvalue weighted by atomic mass is 32.2. The van der Waals surface area contributed by atoms with E-state index >= 15 is 0 Å². The molecule has 5 rings (SSSR count). The molecule has 174 valence electrons. The highest BCUT2D eigenvalue weighted by Crippen LogP contribution is 2.31. The van der Waals surface area contributed by atoms with Crippen molar-refractivity contribution in [3.8, 4) is 0 Å².